The smallest absolute Gasteiger partial charge is 0.300 e. The summed E-state index contributed by atoms with van der Waals surface area (Å²) in [6, 6.07) is 17.4. The van der Waals surface area contributed by atoms with E-state index < -0.39 is 5.66 Å². The van der Waals surface area contributed by atoms with E-state index in [0.29, 0.717) is 17.8 Å². The first-order valence-electron chi connectivity index (χ1n) is 15.3. The summed E-state index contributed by atoms with van der Waals surface area (Å²) >= 11 is 0. The summed E-state index contributed by atoms with van der Waals surface area (Å²) in [4.78, 5) is 28.8. The molecule has 0 aliphatic carbocycles. The summed E-state index contributed by atoms with van der Waals surface area (Å²) in [5, 5.41) is 12.6. The van der Waals surface area contributed by atoms with Gasteiger partial charge in [-0.25, -0.2) is 0 Å². The molecule has 0 saturated heterocycles. The Hall–Kier alpha value is -3.35. The topological polar surface area (TPSA) is 77.0 Å². The minimum atomic E-state index is -1.43. The number of anilines is 3. The van der Waals surface area contributed by atoms with E-state index in [9.17, 15) is 9.59 Å². The van der Waals surface area contributed by atoms with Gasteiger partial charge in [0.25, 0.3) is 5.91 Å². The van der Waals surface area contributed by atoms with Crippen molar-refractivity contribution < 1.29 is 9.59 Å². The van der Waals surface area contributed by atoms with E-state index in [2.05, 4.69) is 36.3 Å². The molecule has 1 heterocycles. The van der Waals surface area contributed by atoms with E-state index in [1.807, 2.05) is 54.6 Å². The molecule has 1 unspecified atom stereocenters. The van der Waals surface area contributed by atoms with Crippen LogP contribution in [-0.4, -0.2) is 36.3 Å². The van der Waals surface area contributed by atoms with Crippen molar-refractivity contribution in [3.8, 4) is 0 Å². The molecule has 0 fully saturated rings. The molecule has 2 amide bonds. The molecule has 218 valence electrons. The van der Waals surface area contributed by atoms with Crippen molar-refractivity contribution in [3.63, 3.8) is 0 Å². The number of nitrogens with one attached hydrogen (secondary N) is 2. The molecule has 1 aliphatic rings. The predicted molar refractivity (Wildman–Crippen MR) is 168 cm³/mol. The van der Waals surface area contributed by atoms with Crippen LogP contribution in [0.1, 0.15) is 98.3 Å². The first-order valence-corrected chi connectivity index (χ1v) is 15.3. The number of carbonyl (C=O) groups excluding carboxylic acids is 2. The van der Waals surface area contributed by atoms with Crippen molar-refractivity contribution in [2.24, 2.45) is 5.10 Å². The van der Waals surface area contributed by atoms with Crippen molar-refractivity contribution >= 4 is 34.6 Å². The fourth-order valence-corrected chi connectivity index (χ4v) is 5.39. The molecule has 2 aromatic rings. The summed E-state index contributed by atoms with van der Waals surface area (Å²) in [5.41, 5.74) is 1.76. The van der Waals surface area contributed by atoms with Crippen molar-refractivity contribution in [2.75, 3.05) is 28.3 Å². The van der Waals surface area contributed by atoms with Crippen molar-refractivity contribution in [1.29, 1.82) is 0 Å². The summed E-state index contributed by atoms with van der Waals surface area (Å²) in [5.74, 6) is -0.588. The second-order valence-electron chi connectivity index (χ2n) is 10.7. The molecule has 0 spiro atoms. The van der Waals surface area contributed by atoms with Crippen LogP contribution in [0.5, 0.6) is 0 Å². The third kappa shape index (κ3) is 8.33. The van der Waals surface area contributed by atoms with Crippen molar-refractivity contribution in [3.05, 3.63) is 54.6 Å². The van der Waals surface area contributed by atoms with Gasteiger partial charge in [-0.2, -0.15) is 10.1 Å². The van der Waals surface area contributed by atoms with Crippen LogP contribution < -0.4 is 20.5 Å². The molecule has 7 heteroatoms. The minimum absolute atomic E-state index is 0.286. The number of rotatable bonds is 18. The number of amides is 2. The second kappa shape index (κ2) is 16.0. The number of unbranched alkanes of at least 4 members (excludes halogenated alkanes) is 9. The van der Waals surface area contributed by atoms with Gasteiger partial charge in [-0.05, 0) is 63.1 Å². The molecular weight excluding hydrogens is 498 g/mol. The Bertz CT molecular complexity index is 1080. The standard InChI is InChI=1S/C33H49N5O2/c1-5-8-9-10-11-12-13-14-15-19-22-31-33(34-27(4)39,32(40)38(36-31)30-20-17-16-18-21-30)35-28-23-25-29(26-24-28)37(6-2)7-3/h16-18,20-21,23-26,35H,5-15,19,22H2,1-4H3,(H,34,39). The first kappa shape index (κ1) is 31.2. The number of hydrazone groups is 1. The normalized spacial score (nSPS) is 16.6. The van der Waals surface area contributed by atoms with Gasteiger partial charge in [0.2, 0.25) is 11.6 Å². The van der Waals surface area contributed by atoms with Gasteiger partial charge in [-0.15, -0.1) is 0 Å². The fraction of sp³-hybridized carbons (Fsp3) is 0.545. The largest absolute Gasteiger partial charge is 0.372 e. The Morgan fingerprint density at radius 2 is 1.40 bits per heavy atom. The van der Waals surface area contributed by atoms with Crippen LogP contribution in [0.4, 0.5) is 17.1 Å². The van der Waals surface area contributed by atoms with Crippen LogP contribution >= 0.6 is 0 Å². The predicted octanol–water partition coefficient (Wildman–Crippen LogP) is 7.49. The molecule has 0 radical (unpaired) electrons. The number of nitrogens with zero attached hydrogens (tertiary/aromatic N) is 3. The molecular formula is C33H49N5O2. The van der Waals surface area contributed by atoms with E-state index in [1.54, 1.807) is 0 Å². The lowest BCUT2D eigenvalue weighted by Gasteiger charge is -2.32. The Kier molecular flexibility index (Phi) is 12.5. The molecule has 0 bridgehead atoms. The Morgan fingerprint density at radius 3 is 1.95 bits per heavy atom. The average molecular weight is 548 g/mol. The minimum Gasteiger partial charge on any atom is -0.372 e. The highest BCUT2D eigenvalue weighted by atomic mass is 16.2. The van der Waals surface area contributed by atoms with Crippen molar-refractivity contribution in [1.82, 2.24) is 5.32 Å². The van der Waals surface area contributed by atoms with Crippen LogP contribution in [0.2, 0.25) is 0 Å². The summed E-state index contributed by atoms with van der Waals surface area (Å²) in [6.07, 6.45) is 12.9. The van der Waals surface area contributed by atoms with Crippen LogP contribution in [0.15, 0.2) is 59.7 Å². The van der Waals surface area contributed by atoms with Gasteiger partial charge in [0.15, 0.2) is 0 Å². The Labute approximate surface area is 241 Å². The maximum atomic E-state index is 14.1. The zero-order valence-corrected chi connectivity index (χ0v) is 25.0. The molecule has 2 aromatic carbocycles. The zero-order chi connectivity index (χ0) is 28.8. The molecule has 2 N–H and O–H groups in total. The molecule has 0 aromatic heterocycles. The van der Waals surface area contributed by atoms with Crippen molar-refractivity contribution in [2.45, 2.75) is 104 Å². The zero-order valence-electron chi connectivity index (χ0n) is 25.0. The summed E-state index contributed by atoms with van der Waals surface area (Å²) in [6.45, 7) is 9.79. The maximum Gasteiger partial charge on any atom is 0.300 e. The van der Waals surface area contributed by atoms with Gasteiger partial charge in [0, 0.05) is 31.4 Å². The fourth-order valence-electron chi connectivity index (χ4n) is 5.39. The highest BCUT2D eigenvalue weighted by molar-refractivity contribution is 6.25. The van der Waals surface area contributed by atoms with E-state index in [4.69, 9.17) is 5.10 Å². The van der Waals surface area contributed by atoms with Gasteiger partial charge in [-0.3, -0.25) is 9.59 Å². The second-order valence-corrected chi connectivity index (χ2v) is 10.7. The third-order valence-corrected chi connectivity index (χ3v) is 7.63. The molecule has 1 aliphatic heterocycles. The summed E-state index contributed by atoms with van der Waals surface area (Å²) < 4.78 is 0. The van der Waals surface area contributed by atoms with Gasteiger partial charge >= 0.3 is 0 Å². The molecule has 40 heavy (non-hydrogen) atoms. The lowest BCUT2D eigenvalue weighted by molar-refractivity contribution is -0.127. The maximum absolute atomic E-state index is 14.1. The SMILES string of the molecule is CCCCCCCCCCCCC1=NN(c2ccccc2)C(=O)C1(NC(C)=O)Nc1ccc(N(CC)CC)cc1. The Morgan fingerprint density at radius 1 is 0.825 bits per heavy atom. The lowest BCUT2D eigenvalue weighted by Crippen LogP contribution is -2.64. The highest BCUT2D eigenvalue weighted by Crippen LogP contribution is 2.31. The monoisotopic (exact) mass is 547 g/mol. The summed E-state index contributed by atoms with van der Waals surface area (Å²) in [7, 11) is 0. The lowest BCUT2D eigenvalue weighted by atomic mass is 9.96. The number of carbonyl (C=O) groups is 2. The number of benzene rings is 2. The molecule has 7 nitrogen and oxygen atoms in total. The Balaban J connectivity index is 1.76. The number of para-hydroxylation sites is 1. The molecule has 1 atom stereocenters. The third-order valence-electron chi connectivity index (χ3n) is 7.63. The van der Waals surface area contributed by atoms with E-state index in [1.165, 1.54) is 63.3 Å². The van der Waals surface area contributed by atoms with Gasteiger partial charge in [0.05, 0.1) is 11.4 Å². The van der Waals surface area contributed by atoms with Gasteiger partial charge in [0.1, 0.15) is 0 Å². The molecule has 0 saturated carbocycles. The van der Waals surface area contributed by atoms with Crippen LogP contribution in [0.25, 0.3) is 0 Å². The van der Waals surface area contributed by atoms with Gasteiger partial charge < -0.3 is 15.5 Å². The molecule has 3 rings (SSSR count). The van der Waals surface area contributed by atoms with Crippen LogP contribution in [-0.2, 0) is 9.59 Å². The van der Waals surface area contributed by atoms with E-state index in [0.717, 1.165) is 37.3 Å². The number of hydrogen-bond acceptors (Lipinski definition) is 5. The van der Waals surface area contributed by atoms with Crippen LogP contribution in [0, 0.1) is 0 Å². The quantitative estimate of drug-likeness (QED) is 0.150. The van der Waals surface area contributed by atoms with Crippen LogP contribution in [0.3, 0.4) is 0 Å². The number of hydrogen-bond donors (Lipinski definition) is 2. The van der Waals surface area contributed by atoms with E-state index >= 15 is 0 Å². The highest BCUT2D eigenvalue weighted by Gasteiger charge is 2.52. The average Bonchev–Trinajstić information content (AvgIpc) is 3.21. The first-order chi connectivity index (χ1) is 19.4. The van der Waals surface area contributed by atoms with Gasteiger partial charge in [-0.1, -0.05) is 82.9 Å². The van der Waals surface area contributed by atoms with E-state index in [-0.39, 0.29) is 11.8 Å².